The molecule has 0 atom stereocenters. The lowest BCUT2D eigenvalue weighted by molar-refractivity contribution is 0.103. The van der Waals surface area contributed by atoms with Crippen LogP contribution in [-0.4, -0.2) is 44.5 Å². The van der Waals surface area contributed by atoms with Crippen LogP contribution in [0.15, 0.2) is 237 Å². The van der Waals surface area contributed by atoms with Crippen molar-refractivity contribution in [2.24, 2.45) is 17.8 Å². The normalized spacial score (nSPS) is 11.7. The summed E-state index contributed by atoms with van der Waals surface area (Å²) in [4.78, 5) is 33.8. The highest BCUT2D eigenvalue weighted by Crippen LogP contribution is 2.40. The molecule has 0 N–H and O–H groups in total. The first-order valence-electron chi connectivity index (χ1n) is 40.7. The first-order valence-corrected chi connectivity index (χ1v) is 40.7. The van der Waals surface area contributed by atoms with Gasteiger partial charge in [0.1, 0.15) is 17.2 Å². The summed E-state index contributed by atoms with van der Waals surface area (Å²) in [6, 6.07) is 80.9. The molecule has 1 aliphatic heterocycles. The zero-order valence-electron chi connectivity index (χ0n) is 70.5. The number of ether oxygens (including phenoxy) is 3. The summed E-state index contributed by atoms with van der Waals surface area (Å²) < 4.78 is 17.4. The van der Waals surface area contributed by atoms with Gasteiger partial charge in [0.05, 0.1) is 19.8 Å². The van der Waals surface area contributed by atoms with Gasteiger partial charge in [-0.15, -0.1) is 0 Å². The van der Waals surface area contributed by atoms with Crippen LogP contribution < -0.4 is 28.9 Å². The first-order chi connectivity index (χ1) is 52.4. The molecule has 10 aromatic rings. The van der Waals surface area contributed by atoms with Gasteiger partial charge in [0, 0.05) is 75.2 Å². The Labute approximate surface area is 693 Å². The molecule has 10 aromatic carbocycles. The number of aryl methyl sites for hydroxylation is 1. The minimum atomic E-state index is -0.00163. The quantitative estimate of drug-likeness (QED) is 0.0373. The highest BCUT2D eigenvalue weighted by Gasteiger charge is 2.22. The Morgan fingerprint density at radius 2 is 0.614 bits per heavy atom. The van der Waals surface area contributed by atoms with Crippen LogP contribution in [0, 0.1) is 17.8 Å². The van der Waals surface area contributed by atoms with Crippen molar-refractivity contribution in [2.75, 3.05) is 47.6 Å². The van der Waals surface area contributed by atoms with Crippen LogP contribution in [0.4, 0.5) is 39.8 Å². The summed E-state index contributed by atoms with van der Waals surface area (Å²) in [6.45, 7) is 50.7. The van der Waals surface area contributed by atoms with Gasteiger partial charge in [0.15, 0.2) is 11.6 Å². The molecule has 8 heteroatoms. The molecule has 0 amide bonds. The van der Waals surface area contributed by atoms with Crippen molar-refractivity contribution in [3.8, 4) is 17.2 Å². The SMILES string of the molecule is C.C.C.C.CC(C)COc1ccc(C(C)C)cc1.CC(C)COc1ccc(N(c2ccc(OCC(C)C)cc2)c2ccc(C(C)C)cc2)cc1.CC(C)c1ccc(N(c2ccc(C(=O)c3ccc(C(C)(C)C)cc3)cc2)c2ccc(C(=O)c3ccc(C(C)(C)C)cc3)cc2)cc1.CCCCCN1CCCc2cc(C(C)C)ccc21. The fraction of sp³-hybridized carbons (Fsp3) is 0.415. The summed E-state index contributed by atoms with van der Waals surface area (Å²) in [5.74, 6) is 6.52. The lowest BCUT2D eigenvalue weighted by Crippen LogP contribution is -2.30. The molecule has 1 heterocycles. The van der Waals surface area contributed by atoms with Crippen LogP contribution in [0.5, 0.6) is 17.2 Å². The Morgan fingerprint density at radius 1 is 0.351 bits per heavy atom. The molecule has 0 bridgehead atoms. The smallest absolute Gasteiger partial charge is 0.193 e. The van der Waals surface area contributed by atoms with Crippen molar-refractivity contribution in [1.82, 2.24) is 0 Å². The lowest BCUT2D eigenvalue weighted by atomic mass is 9.86. The maximum absolute atomic E-state index is 13.4. The molecule has 8 nitrogen and oxygen atoms in total. The van der Waals surface area contributed by atoms with Crippen LogP contribution in [-0.2, 0) is 17.3 Å². The van der Waals surface area contributed by atoms with Gasteiger partial charge in [-0.25, -0.2) is 0 Å². The van der Waals surface area contributed by atoms with Crippen molar-refractivity contribution >= 4 is 51.4 Å². The van der Waals surface area contributed by atoms with Crippen LogP contribution in [0.3, 0.4) is 0 Å². The van der Waals surface area contributed by atoms with Crippen LogP contribution >= 0.6 is 0 Å². The molecular weight excluding hydrogens is 1400 g/mol. The number of nitrogens with zero attached hydrogens (tertiary/aromatic N) is 3. The van der Waals surface area contributed by atoms with Crippen LogP contribution in [0.1, 0.15) is 295 Å². The van der Waals surface area contributed by atoms with Gasteiger partial charge in [-0.1, -0.05) is 285 Å². The second-order valence-corrected chi connectivity index (χ2v) is 34.2. The van der Waals surface area contributed by atoms with E-state index in [-0.39, 0.29) is 52.1 Å². The van der Waals surface area contributed by atoms with E-state index in [4.69, 9.17) is 14.2 Å². The predicted octanol–water partition coefficient (Wildman–Crippen LogP) is 30.8. The highest BCUT2D eigenvalue weighted by atomic mass is 16.5. The van der Waals surface area contributed by atoms with Crippen LogP contribution in [0.2, 0.25) is 0 Å². The highest BCUT2D eigenvalue weighted by molar-refractivity contribution is 6.10. The van der Waals surface area contributed by atoms with Gasteiger partial charge >= 0.3 is 0 Å². The number of benzene rings is 10. The Kier molecular flexibility index (Phi) is 39.0. The monoisotopic (exact) mass is 1540 g/mol. The molecule has 0 aromatic heterocycles. The van der Waals surface area contributed by atoms with Crippen LogP contribution in [0.25, 0.3) is 0 Å². The van der Waals surface area contributed by atoms with E-state index in [9.17, 15) is 9.59 Å². The molecule has 11 rings (SSSR count). The Morgan fingerprint density at radius 3 is 0.895 bits per heavy atom. The van der Waals surface area contributed by atoms with E-state index in [0.29, 0.717) is 63.7 Å². The van der Waals surface area contributed by atoms with E-state index in [1.54, 1.807) is 5.56 Å². The van der Waals surface area contributed by atoms with E-state index in [0.717, 1.165) is 71.2 Å². The zero-order valence-corrected chi connectivity index (χ0v) is 70.5. The average molecular weight is 1540 g/mol. The van der Waals surface area contributed by atoms with Crippen molar-refractivity contribution in [3.63, 3.8) is 0 Å². The van der Waals surface area contributed by atoms with Gasteiger partial charge in [0.25, 0.3) is 0 Å². The number of hydrogen-bond acceptors (Lipinski definition) is 8. The molecule has 114 heavy (non-hydrogen) atoms. The summed E-state index contributed by atoms with van der Waals surface area (Å²) in [6.07, 6.45) is 6.59. The summed E-state index contributed by atoms with van der Waals surface area (Å²) in [5, 5.41) is 0. The largest absolute Gasteiger partial charge is 0.493 e. The molecule has 0 saturated heterocycles. The molecule has 0 saturated carbocycles. The van der Waals surface area contributed by atoms with E-state index in [1.165, 1.54) is 84.3 Å². The topological polar surface area (TPSA) is 71.5 Å². The molecule has 0 fully saturated rings. The van der Waals surface area contributed by atoms with Gasteiger partial charge in [-0.2, -0.15) is 0 Å². The molecule has 0 spiro atoms. The standard InChI is InChI=1S/C43H45NO2.C29H37NO2.C17H27N.C13H20O.4CH4/c1-29(2)30-13-23-37(24-14-30)44(38-25-15-33(16-26-38)40(45)31-9-19-35(20-10-31)42(3,4)5)39-27-17-34(18-28-39)41(46)32-11-21-36(22-12-32)43(6,7)8;1-21(2)19-31-28-15-11-26(12-16-28)30(25-9-7-24(8-10-25)23(5)6)27-13-17-29(18-14-27)32-20-22(3)4;1-4-5-6-11-18-12-7-8-16-13-15(14(2)3)9-10-17(16)18;1-10(2)9-14-13-7-5-12(6-8-13)11(3)4;;;;/h9-29H,1-8H3;7-18,21-23H,19-20H2,1-6H3;9-10,13-14H,4-8,11-12H2,1-3H3;5-8,10-11H,9H2,1-4H3;4*1H4. The Balaban J connectivity index is 0.000000348. The predicted molar refractivity (Wildman–Crippen MR) is 497 cm³/mol. The van der Waals surface area contributed by atoms with E-state index in [2.05, 4.69) is 275 Å². The molecule has 614 valence electrons. The number of unbranched alkanes of at least 4 members (excludes halogenated alkanes) is 2. The van der Waals surface area contributed by atoms with Crippen molar-refractivity contribution in [1.29, 1.82) is 0 Å². The first kappa shape index (κ1) is 96.7. The van der Waals surface area contributed by atoms with Gasteiger partial charge < -0.3 is 28.9 Å². The number of carbonyl (C=O) groups is 2. The second-order valence-electron chi connectivity index (χ2n) is 34.2. The number of hydrogen-bond donors (Lipinski definition) is 0. The number of anilines is 7. The molecule has 1 aliphatic rings. The number of ketones is 2. The second kappa shape index (κ2) is 46.0. The van der Waals surface area contributed by atoms with Crippen molar-refractivity contribution in [2.45, 2.75) is 242 Å². The van der Waals surface area contributed by atoms with Crippen molar-refractivity contribution in [3.05, 3.63) is 298 Å². The lowest BCUT2D eigenvalue weighted by Gasteiger charge is -2.32. The third-order valence-electron chi connectivity index (χ3n) is 19.9. The number of fused-ring (bicyclic) bond motifs is 1. The summed E-state index contributed by atoms with van der Waals surface area (Å²) in [7, 11) is 0. The summed E-state index contributed by atoms with van der Waals surface area (Å²) >= 11 is 0. The Bertz CT molecular complexity index is 4220. The third-order valence-corrected chi connectivity index (χ3v) is 19.9. The molecule has 0 unspecified atom stereocenters. The average Bonchev–Trinajstić information content (AvgIpc) is 0.808. The fourth-order valence-electron chi connectivity index (χ4n) is 13.0. The minimum Gasteiger partial charge on any atom is -0.493 e. The zero-order chi connectivity index (χ0) is 79.8. The summed E-state index contributed by atoms with van der Waals surface area (Å²) in [5.41, 5.74) is 19.8. The molecule has 0 aliphatic carbocycles. The molecular formula is C106H145N3O5. The number of carbonyl (C=O) groups excluding carboxylic acids is 2. The Hall–Kier alpha value is -9.66. The van der Waals surface area contributed by atoms with Gasteiger partial charge in [0.2, 0.25) is 0 Å². The van der Waals surface area contributed by atoms with E-state index >= 15 is 0 Å². The number of rotatable bonds is 27. The van der Waals surface area contributed by atoms with Crippen molar-refractivity contribution < 1.29 is 23.8 Å². The van der Waals surface area contributed by atoms with Gasteiger partial charge in [-0.3, -0.25) is 9.59 Å². The maximum atomic E-state index is 13.4. The van der Waals surface area contributed by atoms with E-state index < -0.39 is 0 Å². The van der Waals surface area contributed by atoms with Gasteiger partial charge in [-0.05, 0) is 250 Å². The maximum Gasteiger partial charge on any atom is 0.193 e. The minimum absolute atomic E-state index is 0. The fourth-order valence-corrected chi connectivity index (χ4v) is 13.0. The molecule has 0 radical (unpaired) electrons. The van der Waals surface area contributed by atoms with E-state index in [1.807, 2.05) is 121 Å². The third kappa shape index (κ3) is 28.7.